The number of urea groups is 1. The number of nitrogens with zero attached hydrogens (tertiary/aromatic N) is 2. The van der Waals surface area contributed by atoms with Crippen LogP contribution in [0.2, 0.25) is 0 Å². The van der Waals surface area contributed by atoms with E-state index in [9.17, 15) is 9.59 Å². The maximum Gasteiger partial charge on any atom is 0.325 e. The van der Waals surface area contributed by atoms with Gasteiger partial charge in [-0.15, -0.1) is 0 Å². The first-order chi connectivity index (χ1) is 11.0. The van der Waals surface area contributed by atoms with Crippen LogP contribution in [0.1, 0.15) is 52.4 Å². The number of rotatable bonds is 6. The highest BCUT2D eigenvalue weighted by Crippen LogP contribution is 2.20. The first kappa shape index (κ1) is 17.6. The van der Waals surface area contributed by atoms with Gasteiger partial charge in [0, 0.05) is 26.2 Å². The Labute approximate surface area is 138 Å². The summed E-state index contributed by atoms with van der Waals surface area (Å²) in [7, 11) is 1.76. The number of aliphatic imine (C=N–C) groups is 1. The standard InChI is InChI=1S/C16H29N5O2/c1-4-16(2)13(22)21(15(23)20-16)11-7-10-18-14(17-3)19-12-8-5-6-9-12/h12H,4-11H2,1-3H3,(H,20,23)(H2,17,18,19). The van der Waals surface area contributed by atoms with Crippen LogP contribution >= 0.6 is 0 Å². The van der Waals surface area contributed by atoms with Crippen molar-refractivity contribution in [3.63, 3.8) is 0 Å². The average Bonchev–Trinajstić information content (AvgIpc) is 3.12. The molecule has 1 heterocycles. The van der Waals surface area contributed by atoms with E-state index < -0.39 is 5.54 Å². The van der Waals surface area contributed by atoms with E-state index in [-0.39, 0.29) is 11.9 Å². The lowest BCUT2D eigenvalue weighted by molar-refractivity contribution is -0.130. The monoisotopic (exact) mass is 323 g/mol. The van der Waals surface area contributed by atoms with E-state index in [2.05, 4.69) is 20.9 Å². The first-order valence-corrected chi connectivity index (χ1v) is 8.61. The van der Waals surface area contributed by atoms with Gasteiger partial charge in [-0.25, -0.2) is 4.79 Å². The molecule has 1 saturated carbocycles. The molecular formula is C16H29N5O2. The van der Waals surface area contributed by atoms with E-state index in [1.54, 1.807) is 14.0 Å². The van der Waals surface area contributed by atoms with Crippen molar-refractivity contribution in [2.75, 3.05) is 20.1 Å². The van der Waals surface area contributed by atoms with Crippen molar-refractivity contribution in [3.8, 4) is 0 Å². The van der Waals surface area contributed by atoms with Crippen molar-refractivity contribution in [2.45, 2.75) is 64.0 Å². The van der Waals surface area contributed by atoms with Crippen LogP contribution in [0.5, 0.6) is 0 Å². The lowest BCUT2D eigenvalue weighted by atomic mass is 9.99. The zero-order chi connectivity index (χ0) is 16.9. The lowest BCUT2D eigenvalue weighted by Gasteiger charge is -2.20. The summed E-state index contributed by atoms with van der Waals surface area (Å²) in [6.07, 6.45) is 6.24. The van der Waals surface area contributed by atoms with Crippen LogP contribution < -0.4 is 16.0 Å². The number of carbonyl (C=O) groups excluding carboxylic acids is 2. The molecule has 0 aromatic rings. The number of carbonyl (C=O) groups is 2. The Morgan fingerprint density at radius 3 is 2.65 bits per heavy atom. The Morgan fingerprint density at radius 1 is 1.39 bits per heavy atom. The normalized spacial score (nSPS) is 25.9. The van der Waals surface area contributed by atoms with Gasteiger partial charge in [-0.1, -0.05) is 19.8 Å². The van der Waals surface area contributed by atoms with Gasteiger partial charge in [-0.3, -0.25) is 14.7 Å². The molecule has 2 rings (SSSR count). The third-order valence-electron chi connectivity index (χ3n) is 4.82. The van der Waals surface area contributed by atoms with E-state index >= 15 is 0 Å². The van der Waals surface area contributed by atoms with Crippen molar-refractivity contribution in [3.05, 3.63) is 0 Å². The highest BCUT2D eigenvalue weighted by molar-refractivity contribution is 6.06. The minimum absolute atomic E-state index is 0.126. The van der Waals surface area contributed by atoms with E-state index in [1.807, 2.05) is 6.92 Å². The number of hydrogen-bond donors (Lipinski definition) is 3. The molecule has 2 fully saturated rings. The van der Waals surface area contributed by atoms with Gasteiger partial charge < -0.3 is 16.0 Å². The first-order valence-electron chi connectivity index (χ1n) is 8.61. The van der Waals surface area contributed by atoms with Gasteiger partial charge in [-0.2, -0.15) is 0 Å². The maximum absolute atomic E-state index is 12.3. The average molecular weight is 323 g/mol. The summed E-state index contributed by atoms with van der Waals surface area (Å²) in [6.45, 7) is 4.78. The van der Waals surface area contributed by atoms with Crippen LogP contribution in [0.15, 0.2) is 4.99 Å². The number of hydrogen-bond acceptors (Lipinski definition) is 3. The van der Waals surface area contributed by atoms with Crippen LogP contribution in [-0.4, -0.2) is 54.5 Å². The summed E-state index contributed by atoms with van der Waals surface area (Å²) in [4.78, 5) is 29.7. The molecule has 1 aliphatic heterocycles. The predicted octanol–water partition coefficient (Wildman–Crippen LogP) is 1.20. The predicted molar refractivity (Wildman–Crippen MR) is 90.3 cm³/mol. The summed E-state index contributed by atoms with van der Waals surface area (Å²) in [5.74, 6) is 0.672. The van der Waals surface area contributed by atoms with E-state index in [0.29, 0.717) is 32.0 Å². The summed E-state index contributed by atoms with van der Waals surface area (Å²) >= 11 is 0. The number of amides is 3. The van der Waals surface area contributed by atoms with Crippen LogP contribution in [0.4, 0.5) is 4.79 Å². The maximum atomic E-state index is 12.3. The SMILES string of the molecule is CCC1(C)NC(=O)N(CCCNC(=NC)NC2CCCC2)C1=O. The van der Waals surface area contributed by atoms with Gasteiger partial charge >= 0.3 is 6.03 Å². The molecule has 1 saturated heterocycles. The molecule has 0 radical (unpaired) electrons. The third kappa shape index (κ3) is 4.14. The molecule has 23 heavy (non-hydrogen) atoms. The molecule has 130 valence electrons. The van der Waals surface area contributed by atoms with E-state index in [1.165, 1.54) is 30.6 Å². The van der Waals surface area contributed by atoms with Gasteiger partial charge in [0.25, 0.3) is 5.91 Å². The number of guanidine groups is 1. The summed E-state index contributed by atoms with van der Waals surface area (Å²) in [5, 5.41) is 9.44. The Bertz CT molecular complexity index is 473. The van der Waals surface area contributed by atoms with E-state index in [0.717, 1.165) is 5.96 Å². The second-order valence-corrected chi connectivity index (χ2v) is 6.55. The molecule has 0 aromatic heterocycles. The highest BCUT2D eigenvalue weighted by atomic mass is 16.2. The third-order valence-corrected chi connectivity index (χ3v) is 4.82. The molecule has 0 aromatic carbocycles. The Morgan fingerprint density at radius 2 is 2.09 bits per heavy atom. The van der Waals surface area contributed by atoms with Gasteiger partial charge in [0.15, 0.2) is 5.96 Å². The van der Waals surface area contributed by atoms with Crippen molar-refractivity contribution < 1.29 is 9.59 Å². The fourth-order valence-corrected chi connectivity index (χ4v) is 3.09. The zero-order valence-corrected chi connectivity index (χ0v) is 14.4. The topological polar surface area (TPSA) is 85.8 Å². The second kappa shape index (κ2) is 7.66. The fraction of sp³-hybridized carbons (Fsp3) is 0.812. The van der Waals surface area contributed by atoms with E-state index in [4.69, 9.17) is 0 Å². The molecular weight excluding hydrogens is 294 g/mol. The lowest BCUT2D eigenvalue weighted by Crippen LogP contribution is -2.44. The molecule has 0 spiro atoms. The molecule has 0 bridgehead atoms. The van der Waals surface area contributed by atoms with Gasteiger partial charge in [0.1, 0.15) is 5.54 Å². The second-order valence-electron chi connectivity index (χ2n) is 6.55. The fourth-order valence-electron chi connectivity index (χ4n) is 3.09. The van der Waals surface area contributed by atoms with Gasteiger partial charge in [0.2, 0.25) is 0 Å². The number of imide groups is 1. The van der Waals surface area contributed by atoms with Crippen LogP contribution in [0, 0.1) is 0 Å². The summed E-state index contributed by atoms with van der Waals surface area (Å²) in [6, 6.07) is 0.227. The summed E-state index contributed by atoms with van der Waals surface area (Å²) < 4.78 is 0. The molecule has 3 N–H and O–H groups in total. The smallest absolute Gasteiger partial charge is 0.325 e. The molecule has 1 unspecified atom stereocenters. The molecule has 7 nitrogen and oxygen atoms in total. The van der Waals surface area contributed by atoms with Crippen LogP contribution in [0.25, 0.3) is 0 Å². The Hall–Kier alpha value is -1.79. The highest BCUT2D eigenvalue weighted by Gasteiger charge is 2.45. The van der Waals surface area contributed by atoms with Crippen LogP contribution in [0.3, 0.4) is 0 Å². The van der Waals surface area contributed by atoms with Crippen molar-refractivity contribution in [2.24, 2.45) is 4.99 Å². The molecule has 3 amide bonds. The van der Waals surface area contributed by atoms with Crippen molar-refractivity contribution >= 4 is 17.9 Å². The Balaban J connectivity index is 1.72. The minimum atomic E-state index is -0.745. The van der Waals surface area contributed by atoms with Crippen molar-refractivity contribution in [1.29, 1.82) is 0 Å². The largest absolute Gasteiger partial charge is 0.356 e. The quantitative estimate of drug-likeness (QED) is 0.297. The van der Waals surface area contributed by atoms with Crippen molar-refractivity contribution in [1.82, 2.24) is 20.9 Å². The molecule has 2 aliphatic rings. The molecule has 7 heteroatoms. The molecule has 1 aliphatic carbocycles. The number of nitrogens with one attached hydrogen (secondary N) is 3. The van der Waals surface area contributed by atoms with Crippen LogP contribution in [-0.2, 0) is 4.79 Å². The Kier molecular flexibility index (Phi) is 5.85. The summed E-state index contributed by atoms with van der Waals surface area (Å²) in [5.41, 5.74) is -0.745. The molecule has 1 atom stereocenters. The zero-order valence-electron chi connectivity index (χ0n) is 14.4. The van der Waals surface area contributed by atoms with Gasteiger partial charge in [-0.05, 0) is 32.6 Å². The minimum Gasteiger partial charge on any atom is -0.356 e. The van der Waals surface area contributed by atoms with Gasteiger partial charge in [0.05, 0.1) is 0 Å².